The molecule has 0 radical (unpaired) electrons. The second-order valence-corrected chi connectivity index (χ2v) is 7.01. The Morgan fingerprint density at radius 2 is 1.03 bits per heavy atom. The molecular formula is C26H25BrO4. The van der Waals surface area contributed by atoms with Gasteiger partial charge in [-0.15, -0.1) is 0 Å². The zero-order valence-electron chi connectivity index (χ0n) is 17.4. The lowest BCUT2D eigenvalue weighted by atomic mass is 10.3. The van der Waals surface area contributed by atoms with E-state index in [0.29, 0.717) is 5.75 Å². The number of methoxy groups -OCH3 is 2. The van der Waals surface area contributed by atoms with Gasteiger partial charge in [0.2, 0.25) is 0 Å². The molecule has 4 aromatic rings. The Balaban J connectivity index is 0.000000181. The SMILES string of the molecule is COc1cccc(Br)c1.COc1cccc(Oc2ccccc2)c1.Oc1ccccc1. The third-order valence-electron chi connectivity index (χ3n) is 3.81. The Bertz CT molecular complexity index is 1010. The number of rotatable bonds is 4. The van der Waals surface area contributed by atoms with Gasteiger partial charge in [-0.3, -0.25) is 0 Å². The number of phenolic OH excluding ortho intramolecular Hbond substituents is 1. The molecule has 0 saturated carbocycles. The highest BCUT2D eigenvalue weighted by atomic mass is 79.9. The summed E-state index contributed by atoms with van der Waals surface area (Å²) in [4.78, 5) is 0. The maximum Gasteiger partial charge on any atom is 0.131 e. The van der Waals surface area contributed by atoms with Crippen molar-refractivity contribution in [2.75, 3.05) is 14.2 Å². The third-order valence-corrected chi connectivity index (χ3v) is 4.30. The van der Waals surface area contributed by atoms with Crippen LogP contribution in [0.5, 0.6) is 28.7 Å². The van der Waals surface area contributed by atoms with Gasteiger partial charge in [-0.25, -0.2) is 0 Å². The van der Waals surface area contributed by atoms with Gasteiger partial charge in [-0.05, 0) is 54.6 Å². The molecule has 4 aromatic carbocycles. The molecule has 4 nitrogen and oxygen atoms in total. The molecule has 0 saturated heterocycles. The van der Waals surface area contributed by atoms with Crippen molar-refractivity contribution >= 4 is 15.9 Å². The summed E-state index contributed by atoms with van der Waals surface area (Å²) in [6.07, 6.45) is 0. The van der Waals surface area contributed by atoms with Gasteiger partial charge in [0.1, 0.15) is 28.7 Å². The minimum Gasteiger partial charge on any atom is -0.508 e. The first-order valence-electron chi connectivity index (χ1n) is 9.51. The molecule has 0 aliphatic carbocycles. The molecule has 0 amide bonds. The van der Waals surface area contributed by atoms with Gasteiger partial charge in [-0.2, -0.15) is 0 Å². The zero-order chi connectivity index (χ0) is 22.3. The van der Waals surface area contributed by atoms with Gasteiger partial charge in [0, 0.05) is 10.5 Å². The van der Waals surface area contributed by atoms with Crippen LogP contribution in [0.4, 0.5) is 0 Å². The second-order valence-electron chi connectivity index (χ2n) is 6.09. The minimum atomic E-state index is 0.322. The Kier molecular flexibility index (Phi) is 10.6. The van der Waals surface area contributed by atoms with E-state index in [9.17, 15) is 0 Å². The first-order valence-corrected chi connectivity index (χ1v) is 10.3. The molecular weight excluding hydrogens is 456 g/mol. The van der Waals surface area contributed by atoms with E-state index < -0.39 is 0 Å². The average Bonchev–Trinajstić information content (AvgIpc) is 2.81. The van der Waals surface area contributed by atoms with Crippen molar-refractivity contribution in [3.05, 3.63) is 114 Å². The number of phenols is 1. The highest BCUT2D eigenvalue weighted by Crippen LogP contribution is 2.24. The van der Waals surface area contributed by atoms with E-state index in [1.165, 1.54) is 0 Å². The van der Waals surface area contributed by atoms with E-state index in [1.807, 2.05) is 84.9 Å². The molecule has 5 heteroatoms. The monoisotopic (exact) mass is 480 g/mol. The predicted octanol–water partition coefficient (Wildman–Crippen LogP) is 7.34. The number of ether oxygens (including phenoxy) is 3. The first-order chi connectivity index (χ1) is 15.1. The van der Waals surface area contributed by atoms with Crippen molar-refractivity contribution in [1.82, 2.24) is 0 Å². The topological polar surface area (TPSA) is 47.9 Å². The van der Waals surface area contributed by atoms with Crippen molar-refractivity contribution in [2.24, 2.45) is 0 Å². The summed E-state index contributed by atoms with van der Waals surface area (Å²) < 4.78 is 16.8. The Morgan fingerprint density at radius 3 is 1.52 bits per heavy atom. The highest BCUT2D eigenvalue weighted by molar-refractivity contribution is 9.10. The zero-order valence-corrected chi connectivity index (χ0v) is 19.0. The fourth-order valence-corrected chi connectivity index (χ4v) is 2.69. The molecule has 4 rings (SSSR count). The van der Waals surface area contributed by atoms with Crippen LogP contribution in [0.2, 0.25) is 0 Å². The quantitative estimate of drug-likeness (QED) is 0.331. The van der Waals surface area contributed by atoms with Gasteiger partial charge >= 0.3 is 0 Å². The number of hydrogen-bond donors (Lipinski definition) is 1. The second kappa shape index (κ2) is 13.7. The van der Waals surface area contributed by atoms with E-state index in [2.05, 4.69) is 15.9 Å². The number of aromatic hydroxyl groups is 1. The van der Waals surface area contributed by atoms with Crippen molar-refractivity contribution < 1.29 is 19.3 Å². The molecule has 0 bridgehead atoms. The van der Waals surface area contributed by atoms with Gasteiger partial charge in [-0.1, -0.05) is 64.5 Å². The minimum absolute atomic E-state index is 0.322. The van der Waals surface area contributed by atoms with E-state index in [-0.39, 0.29) is 0 Å². The molecule has 1 N–H and O–H groups in total. The number of para-hydroxylation sites is 2. The molecule has 0 fully saturated rings. The number of halogens is 1. The molecule has 0 unspecified atom stereocenters. The van der Waals surface area contributed by atoms with E-state index in [0.717, 1.165) is 27.5 Å². The molecule has 31 heavy (non-hydrogen) atoms. The van der Waals surface area contributed by atoms with Gasteiger partial charge in [0.25, 0.3) is 0 Å². The lowest BCUT2D eigenvalue weighted by Gasteiger charge is -2.06. The summed E-state index contributed by atoms with van der Waals surface area (Å²) in [5.41, 5.74) is 0. The number of hydrogen-bond acceptors (Lipinski definition) is 4. The first kappa shape index (κ1) is 23.8. The Labute approximate surface area is 191 Å². The predicted molar refractivity (Wildman–Crippen MR) is 128 cm³/mol. The summed E-state index contributed by atoms with van der Waals surface area (Å²) in [6, 6.07) is 33.6. The van der Waals surface area contributed by atoms with E-state index >= 15 is 0 Å². The molecule has 0 spiro atoms. The fourth-order valence-electron chi connectivity index (χ4n) is 2.31. The van der Waals surface area contributed by atoms with Crippen LogP contribution < -0.4 is 14.2 Å². The molecule has 0 aromatic heterocycles. The van der Waals surface area contributed by atoms with Gasteiger partial charge in [0.15, 0.2) is 0 Å². The summed E-state index contributed by atoms with van der Waals surface area (Å²) in [7, 11) is 3.30. The lowest BCUT2D eigenvalue weighted by Crippen LogP contribution is -1.85. The summed E-state index contributed by atoms with van der Waals surface area (Å²) in [6.45, 7) is 0. The smallest absolute Gasteiger partial charge is 0.131 e. The largest absolute Gasteiger partial charge is 0.508 e. The Hall–Kier alpha value is -3.44. The average molecular weight is 481 g/mol. The van der Waals surface area contributed by atoms with Crippen LogP contribution in [0, 0.1) is 0 Å². The number of benzene rings is 4. The summed E-state index contributed by atoms with van der Waals surface area (Å²) in [5, 5.41) is 8.63. The molecule has 0 heterocycles. The van der Waals surface area contributed by atoms with Crippen molar-refractivity contribution in [1.29, 1.82) is 0 Å². The van der Waals surface area contributed by atoms with Crippen molar-refractivity contribution in [3.8, 4) is 28.7 Å². The maximum absolute atomic E-state index is 8.63. The summed E-state index contributed by atoms with van der Waals surface area (Å²) in [5.74, 6) is 3.60. The van der Waals surface area contributed by atoms with Gasteiger partial charge < -0.3 is 19.3 Å². The fraction of sp³-hybridized carbons (Fsp3) is 0.0769. The van der Waals surface area contributed by atoms with Crippen molar-refractivity contribution in [3.63, 3.8) is 0 Å². The van der Waals surface area contributed by atoms with E-state index in [1.54, 1.807) is 38.5 Å². The van der Waals surface area contributed by atoms with Crippen LogP contribution in [-0.2, 0) is 0 Å². The van der Waals surface area contributed by atoms with Crippen LogP contribution in [0.15, 0.2) is 114 Å². The van der Waals surface area contributed by atoms with Crippen molar-refractivity contribution in [2.45, 2.75) is 0 Å². The van der Waals surface area contributed by atoms with Crippen LogP contribution >= 0.6 is 15.9 Å². The normalized spacial score (nSPS) is 9.26. The molecule has 160 valence electrons. The molecule has 0 atom stereocenters. The van der Waals surface area contributed by atoms with Crippen LogP contribution in [-0.4, -0.2) is 19.3 Å². The van der Waals surface area contributed by atoms with Crippen LogP contribution in [0.1, 0.15) is 0 Å². The Morgan fingerprint density at radius 1 is 0.548 bits per heavy atom. The van der Waals surface area contributed by atoms with Crippen LogP contribution in [0.25, 0.3) is 0 Å². The van der Waals surface area contributed by atoms with Gasteiger partial charge in [0.05, 0.1) is 14.2 Å². The third kappa shape index (κ3) is 9.74. The van der Waals surface area contributed by atoms with Crippen LogP contribution in [0.3, 0.4) is 0 Å². The molecule has 0 aliphatic heterocycles. The summed E-state index contributed by atoms with van der Waals surface area (Å²) >= 11 is 3.32. The molecule has 0 aliphatic rings. The van der Waals surface area contributed by atoms with E-state index in [4.69, 9.17) is 19.3 Å². The highest BCUT2D eigenvalue weighted by Gasteiger charge is 1.97. The maximum atomic E-state index is 8.63. The lowest BCUT2D eigenvalue weighted by molar-refractivity contribution is 0.409. The standard InChI is InChI=1S/C13H12O2.C7H7BrO.C6H6O/c1-14-12-8-5-9-13(10-12)15-11-6-3-2-4-7-11;1-9-7-4-2-3-6(8)5-7;7-6-4-2-1-3-5-6/h2-10H,1H3;2-5H,1H3;1-5,7H.